The molecule has 0 unspecified atom stereocenters. The minimum absolute atomic E-state index is 0.610. The number of nitrogens with zero attached hydrogens (tertiary/aromatic N) is 2. The van der Waals surface area contributed by atoms with Gasteiger partial charge in [0.15, 0.2) is 0 Å². The maximum atomic E-state index is 9.47. The summed E-state index contributed by atoms with van der Waals surface area (Å²) in [5, 5.41) is 10.5. The highest BCUT2D eigenvalue weighted by Crippen LogP contribution is 2.24. The Morgan fingerprint density at radius 2 is 1.86 bits per heavy atom. The number of para-hydroxylation sites is 1. The lowest BCUT2D eigenvalue weighted by molar-refractivity contribution is 0.415. The quantitative estimate of drug-likeness (QED) is 0.674. The molecule has 0 saturated carbocycles. The maximum absolute atomic E-state index is 9.47. The highest BCUT2D eigenvalue weighted by Gasteiger charge is 2.04. The summed E-state index contributed by atoms with van der Waals surface area (Å²) in [6, 6.07) is 19.6. The highest BCUT2D eigenvalue weighted by molar-refractivity contribution is 5.97. The molecule has 0 fully saturated rings. The number of ether oxygens (including phenoxy) is 1. The van der Waals surface area contributed by atoms with Gasteiger partial charge >= 0.3 is 0 Å². The van der Waals surface area contributed by atoms with Crippen molar-refractivity contribution in [3.05, 3.63) is 71.9 Å². The third kappa shape index (κ3) is 2.68. The first kappa shape index (κ1) is 13.8. The van der Waals surface area contributed by atoms with E-state index in [9.17, 15) is 5.26 Å². The van der Waals surface area contributed by atoms with Crippen LogP contribution in [0.4, 0.5) is 0 Å². The Kier molecular flexibility index (Phi) is 3.84. The molecule has 0 spiro atoms. The second-order valence-electron chi connectivity index (χ2n) is 4.82. The maximum Gasteiger partial charge on any atom is 0.118 e. The van der Waals surface area contributed by atoms with Crippen LogP contribution in [0.5, 0.6) is 5.75 Å². The predicted molar refractivity (Wildman–Crippen MR) is 88.2 cm³/mol. The molecule has 3 rings (SSSR count). The molecule has 1 aromatic heterocycles. The lowest BCUT2D eigenvalue weighted by atomic mass is 10.0. The Morgan fingerprint density at radius 1 is 1.09 bits per heavy atom. The second kappa shape index (κ2) is 6.11. The number of rotatable bonds is 3. The summed E-state index contributed by atoms with van der Waals surface area (Å²) in [6.45, 7) is 0. The molecule has 3 aromatic rings. The molecular weight excluding hydrogens is 272 g/mol. The van der Waals surface area contributed by atoms with Crippen LogP contribution in [0.2, 0.25) is 0 Å². The third-order valence-corrected chi connectivity index (χ3v) is 3.50. The summed E-state index contributed by atoms with van der Waals surface area (Å²) < 4.78 is 5.15. The van der Waals surface area contributed by atoms with Crippen LogP contribution >= 0.6 is 0 Å². The van der Waals surface area contributed by atoms with Crippen molar-refractivity contribution in [1.82, 2.24) is 4.98 Å². The number of aromatic nitrogens is 1. The molecule has 3 heteroatoms. The van der Waals surface area contributed by atoms with E-state index in [-0.39, 0.29) is 0 Å². The monoisotopic (exact) mass is 286 g/mol. The minimum atomic E-state index is 0.610. The van der Waals surface area contributed by atoms with E-state index in [1.807, 2.05) is 60.7 Å². The first-order chi connectivity index (χ1) is 10.8. The van der Waals surface area contributed by atoms with Crippen molar-refractivity contribution in [3.63, 3.8) is 0 Å². The Balaban J connectivity index is 2.09. The molecule has 0 N–H and O–H groups in total. The first-order valence-corrected chi connectivity index (χ1v) is 6.92. The molecule has 22 heavy (non-hydrogen) atoms. The first-order valence-electron chi connectivity index (χ1n) is 6.92. The van der Waals surface area contributed by atoms with E-state index in [4.69, 9.17) is 4.74 Å². The molecule has 0 amide bonds. The second-order valence-corrected chi connectivity index (χ2v) is 4.82. The number of benzene rings is 2. The molecule has 2 aromatic carbocycles. The van der Waals surface area contributed by atoms with E-state index in [0.29, 0.717) is 5.57 Å². The number of fused-ring (bicyclic) bond motifs is 1. The molecule has 1 heterocycles. The summed E-state index contributed by atoms with van der Waals surface area (Å²) >= 11 is 0. The number of methoxy groups -OCH3 is 1. The van der Waals surface area contributed by atoms with Crippen LogP contribution in [-0.4, -0.2) is 12.1 Å². The molecular formula is C19H14N2O. The summed E-state index contributed by atoms with van der Waals surface area (Å²) in [7, 11) is 1.62. The molecule has 0 aliphatic carbocycles. The number of pyridine rings is 1. The van der Waals surface area contributed by atoms with Gasteiger partial charge < -0.3 is 4.74 Å². The van der Waals surface area contributed by atoms with Gasteiger partial charge in [-0.15, -0.1) is 0 Å². The van der Waals surface area contributed by atoms with Crippen LogP contribution in [0, 0.1) is 11.3 Å². The van der Waals surface area contributed by atoms with Gasteiger partial charge in [0.05, 0.1) is 24.3 Å². The fourth-order valence-corrected chi connectivity index (χ4v) is 2.35. The Morgan fingerprint density at radius 3 is 2.59 bits per heavy atom. The standard InChI is InChI=1S/C19H14N2O/c1-22-17-8-6-14(7-9-17)16(13-20)12-15-10-11-21-19-5-3-2-4-18(15)19/h2-12H,1H3. The fourth-order valence-electron chi connectivity index (χ4n) is 2.35. The van der Waals surface area contributed by atoms with Gasteiger partial charge in [-0.3, -0.25) is 4.98 Å². The van der Waals surface area contributed by atoms with Crippen molar-refractivity contribution < 1.29 is 4.74 Å². The molecule has 0 atom stereocenters. The van der Waals surface area contributed by atoms with Crippen molar-refractivity contribution in [3.8, 4) is 11.8 Å². The molecule has 0 saturated heterocycles. The van der Waals surface area contributed by atoms with Gasteiger partial charge in [-0.2, -0.15) is 5.26 Å². The lowest BCUT2D eigenvalue weighted by Crippen LogP contribution is -1.86. The van der Waals surface area contributed by atoms with Gasteiger partial charge in [0, 0.05) is 11.6 Å². The van der Waals surface area contributed by atoms with Crippen molar-refractivity contribution in [2.45, 2.75) is 0 Å². The highest BCUT2D eigenvalue weighted by atomic mass is 16.5. The summed E-state index contributed by atoms with van der Waals surface area (Å²) in [5.41, 5.74) is 3.38. The zero-order valence-corrected chi connectivity index (χ0v) is 12.2. The van der Waals surface area contributed by atoms with Gasteiger partial charge in [-0.05, 0) is 53.6 Å². The minimum Gasteiger partial charge on any atom is -0.497 e. The van der Waals surface area contributed by atoms with Gasteiger partial charge in [0.2, 0.25) is 0 Å². The fraction of sp³-hybridized carbons (Fsp3) is 0.0526. The third-order valence-electron chi connectivity index (χ3n) is 3.50. The van der Waals surface area contributed by atoms with E-state index < -0.39 is 0 Å². The van der Waals surface area contributed by atoms with Gasteiger partial charge in [-0.1, -0.05) is 18.2 Å². The zero-order valence-electron chi connectivity index (χ0n) is 12.2. The Hall–Kier alpha value is -3.12. The Labute approximate surface area is 129 Å². The summed E-state index contributed by atoms with van der Waals surface area (Å²) in [4.78, 5) is 4.34. The van der Waals surface area contributed by atoms with Crippen molar-refractivity contribution in [2.24, 2.45) is 0 Å². The molecule has 0 radical (unpaired) electrons. The summed E-state index contributed by atoms with van der Waals surface area (Å²) in [5.74, 6) is 0.774. The zero-order chi connectivity index (χ0) is 15.4. The van der Waals surface area contributed by atoms with Crippen molar-refractivity contribution in [1.29, 1.82) is 5.26 Å². The van der Waals surface area contributed by atoms with E-state index in [1.165, 1.54) is 0 Å². The van der Waals surface area contributed by atoms with E-state index >= 15 is 0 Å². The number of hydrogen-bond acceptors (Lipinski definition) is 3. The van der Waals surface area contributed by atoms with E-state index in [1.54, 1.807) is 13.3 Å². The normalized spacial score (nSPS) is 11.2. The molecule has 106 valence electrons. The SMILES string of the molecule is COc1ccc(C(C#N)=Cc2ccnc3ccccc23)cc1. The van der Waals surface area contributed by atoms with Crippen LogP contribution in [0.1, 0.15) is 11.1 Å². The largest absolute Gasteiger partial charge is 0.497 e. The van der Waals surface area contributed by atoms with Crippen LogP contribution in [0.15, 0.2) is 60.8 Å². The number of allylic oxidation sites excluding steroid dienone is 1. The van der Waals surface area contributed by atoms with Crippen molar-refractivity contribution in [2.75, 3.05) is 7.11 Å². The van der Waals surface area contributed by atoms with Gasteiger partial charge in [-0.25, -0.2) is 0 Å². The van der Waals surface area contributed by atoms with Gasteiger partial charge in [0.25, 0.3) is 0 Å². The summed E-state index contributed by atoms with van der Waals surface area (Å²) in [6.07, 6.45) is 3.66. The van der Waals surface area contributed by atoms with Crippen LogP contribution in [0.25, 0.3) is 22.6 Å². The molecule has 0 aliphatic heterocycles. The molecule has 0 aliphatic rings. The molecule has 0 bridgehead atoms. The number of nitriles is 1. The number of hydrogen-bond donors (Lipinski definition) is 0. The van der Waals surface area contributed by atoms with Gasteiger partial charge in [0.1, 0.15) is 5.75 Å². The van der Waals surface area contributed by atoms with E-state index in [2.05, 4.69) is 11.1 Å². The topological polar surface area (TPSA) is 45.9 Å². The van der Waals surface area contributed by atoms with Crippen LogP contribution in [-0.2, 0) is 0 Å². The van der Waals surface area contributed by atoms with Crippen LogP contribution in [0.3, 0.4) is 0 Å². The van der Waals surface area contributed by atoms with Crippen LogP contribution < -0.4 is 4.74 Å². The average molecular weight is 286 g/mol. The predicted octanol–water partition coefficient (Wildman–Crippen LogP) is 4.31. The lowest BCUT2D eigenvalue weighted by Gasteiger charge is -2.04. The smallest absolute Gasteiger partial charge is 0.118 e. The Bertz CT molecular complexity index is 869. The van der Waals surface area contributed by atoms with Crippen molar-refractivity contribution >= 4 is 22.6 Å². The molecule has 3 nitrogen and oxygen atoms in total. The van der Waals surface area contributed by atoms with E-state index in [0.717, 1.165) is 27.8 Å². The average Bonchev–Trinajstić information content (AvgIpc) is 2.60.